The van der Waals surface area contributed by atoms with Gasteiger partial charge in [-0.15, -0.1) is 11.3 Å². The third-order valence-corrected chi connectivity index (χ3v) is 2.72. The summed E-state index contributed by atoms with van der Waals surface area (Å²) in [6, 6.07) is 0. The summed E-state index contributed by atoms with van der Waals surface area (Å²) >= 11 is 1.51. The van der Waals surface area contributed by atoms with E-state index >= 15 is 0 Å². The van der Waals surface area contributed by atoms with E-state index in [1.165, 1.54) is 11.3 Å². The van der Waals surface area contributed by atoms with Crippen LogP contribution in [0.4, 0.5) is 0 Å². The maximum Gasteiger partial charge on any atom is 0.131 e. The van der Waals surface area contributed by atoms with Crippen molar-refractivity contribution in [2.45, 2.75) is 18.4 Å². The molecule has 0 aromatic carbocycles. The van der Waals surface area contributed by atoms with Gasteiger partial charge in [0.1, 0.15) is 5.60 Å². The fourth-order valence-electron chi connectivity index (χ4n) is 1.42. The zero-order valence-electron chi connectivity index (χ0n) is 6.69. The van der Waals surface area contributed by atoms with Gasteiger partial charge in [0.15, 0.2) is 0 Å². The van der Waals surface area contributed by atoms with E-state index in [1.807, 2.05) is 5.38 Å². The molecule has 0 amide bonds. The molecule has 1 aromatic rings. The average molecular weight is 185 g/mol. The number of hydrogen-bond acceptors (Lipinski definition) is 4. The fourth-order valence-corrected chi connectivity index (χ4v) is 2.07. The van der Waals surface area contributed by atoms with Crippen LogP contribution in [0.2, 0.25) is 0 Å². The number of aliphatic hydroxyl groups is 1. The average Bonchev–Trinajstić information content (AvgIpc) is 2.58. The largest absolute Gasteiger partial charge is 0.381 e. The summed E-state index contributed by atoms with van der Waals surface area (Å²) in [7, 11) is 0. The molecule has 3 nitrogen and oxygen atoms in total. The third-order valence-electron chi connectivity index (χ3n) is 2.13. The van der Waals surface area contributed by atoms with Crippen LogP contribution < -0.4 is 0 Å². The first-order chi connectivity index (χ1) is 5.81. The van der Waals surface area contributed by atoms with Crippen LogP contribution >= 0.6 is 11.3 Å². The van der Waals surface area contributed by atoms with Crippen molar-refractivity contribution in [3.05, 3.63) is 16.6 Å². The summed E-state index contributed by atoms with van der Waals surface area (Å²) in [5.41, 5.74) is 1.67. The van der Waals surface area contributed by atoms with Crippen molar-refractivity contribution < 1.29 is 9.84 Å². The molecule has 2 rings (SSSR count). The maximum absolute atomic E-state index is 10.1. The molecule has 12 heavy (non-hydrogen) atoms. The number of rotatable bonds is 1. The van der Waals surface area contributed by atoms with Crippen LogP contribution in [0.1, 0.15) is 18.5 Å². The Bertz CT molecular complexity index is 242. The minimum atomic E-state index is -0.821. The van der Waals surface area contributed by atoms with Crippen LogP contribution in [0.5, 0.6) is 0 Å². The molecule has 2 heterocycles. The molecule has 0 radical (unpaired) electrons. The number of thiazole rings is 1. The molecule has 0 bridgehead atoms. The molecule has 0 spiro atoms. The normalized spacial score (nSPS) is 30.4. The van der Waals surface area contributed by atoms with Crippen molar-refractivity contribution in [1.82, 2.24) is 4.98 Å². The van der Waals surface area contributed by atoms with Crippen molar-refractivity contribution in [3.63, 3.8) is 0 Å². The first-order valence-corrected chi connectivity index (χ1v) is 4.94. The van der Waals surface area contributed by atoms with E-state index < -0.39 is 5.60 Å². The zero-order valence-corrected chi connectivity index (χ0v) is 7.51. The highest BCUT2D eigenvalue weighted by atomic mass is 32.1. The number of ether oxygens (including phenoxy) is 1. The number of aromatic nitrogens is 1. The summed E-state index contributed by atoms with van der Waals surface area (Å²) < 4.78 is 5.22. The summed E-state index contributed by atoms with van der Waals surface area (Å²) in [6.45, 7) is 1.14. The van der Waals surface area contributed by atoms with Crippen molar-refractivity contribution in [3.8, 4) is 0 Å². The maximum atomic E-state index is 10.1. The number of hydrogen-bond donors (Lipinski definition) is 1. The molecule has 1 fully saturated rings. The minimum absolute atomic E-state index is 0.386. The molecule has 4 heteroatoms. The lowest BCUT2D eigenvalue weighted by Gasteiger charge is -2.30. The van der Waals surface area contributed by atoms with Gasteiger partial charge in [-0.2, -0.15) is 0 Å². The van der Waals surface area contributed by atoms with Crippen LogP contribution in [0.25, 0.3) is 0 Å². The van der Waals surface area contributed by atoms with Crippen LogP contribution in [-0.4, -0.2) is 23.3 Å². The van der Waals surface area contributed by atoms with Gasteiger partial charge in [-0.05, 0) is 12.8 Å². The highest BCUT2D eigenvalue weighted by Gasteiger charge is 2.33. The molecule has 0 saturated carbocycles. The second kappa shape index (κ2) is 3.12. The highest BCUT2D eigenvalue weighted by Crippen LogP contribution is 2.29. The van der Waals surface area contributed by atoms with E-state index in [2.05, 4.69) is 4.98 Å². The summed E-state index contributed by atoms with van der Waals surface area (Å²) in [4.78, 5) is 4.10. The van der Waals surface area contributed by atoms with E-state index in [9.17, 15) is 5.11 Å². The SMILES string of the molecule is OC1(c2cscn2)CCCOC1. The van der Waals surface area contributed by atoms with E-state index in [0.717, 1.165) is 25.1 Å². The molecule has 1 aromatic heterocycles. The molecule has 1 aliphatic heterocycles. The van der Waals surface area contributed by atoms with Gasteiger partial charge in [0.2, 0.25) is 0 Å². The lowest BCUT2D eigenvalue weighted by molar-refractivity contribution is -0.0924. The standard InChI is InChI=1S/C8H11NO2S/c10-8(2-1-3-11-5-8)7-4-12-6-9-7/h4,6,10H,1-3,5H2. The molecule has 1 aliphatic rings. The topological polar surface area (TPSA) is 42.4 Å². The quantitative estimate of drug-likeness (QED) is 0.713. The molecule has 1 saturated heterocycles. The second-order valence-corrected chi connectivity index (χ2v) is 3.78. The molecule has 66 valence electrons. The van der Waals surface area contributed by atoms with E-state index in [-0.39, 0.29) is 0 Å². The fraction of sp³-hybridized carbons (Fsp3) is 0.625. The Kier molecular flexibility index (Phi) is 2.12. The van der Waals surface area contributed by atoms with Gasteiger partial charge in [-0.1, -0.05) is 0 Å². The first-order valence-electron chi connectivity index (χ1n) is 4.00. The van der Waals surface area contributed by atoms with Gasteiger partial charge < -0.3 is 9.84 Å². The summed E-state index contributed by atoms with van der Waals surface area (Å²) in [5.74, 6) is 0. The Balaban J connectivity index is 2.19. The van der Waals surface area contributed by atoms with Gasteiger partial charge in [0, 0.05) is 12.0 Å². The van der Waals surface area contributed by atoms with Crippen molar-refractivity contribution in [2.24, 2.45) is 0 Å². The molecular formula is C8H11NO2S. The second-order valence-electron chi connectivity index (χ2n) is 3.06. The van der Waals surface area contributed by atoms with Gasteiger partial charge >= 0.3 is 0 Å². The van der Waals surface area contributed by atoms with Crippen molar-refractivity contribution in [2.75, 3.05) is 13.2 Å². The minimum Gasteiger partial charge on any atom is -0.381 e. The lowest BCUT2D eigenvalue weighted by atomic mass is 9.94. The zero-order chi connectivity index (χ0) is 8.44. The predicted octanol–water partition coefficient (Wildman–Crippen LogP) is 1.14. The van der Waals surface area contributed by atoms with Gasteiger partial charge in [0.05, 0.1) is 17.8 Å². The van der Waals surface area contributed by atoms with Crippen LogP contribution in [0, 0.1) is 0 Å². The van der Waals surface area contributed by atoms with E-state index in [1.54, 1.807) is 5.51 Å². The Morgan fingerprint density at radius 1 is 1.67 bits per heavy atom. The summed E-state index contributed by atoms with van der Waals surface area (Å²) in [5, 5.41) is 11.9. The monoisotopic (exact) mass is 185 g/mol. The van der Waals surface area contributed by atoms with Crippen molar-refractivity contribution in [1.29, 1.82) is 0 Å². The Labute approximate surface area is 75.0 Å². The van der Waals surface area contributed by atoms with Gasteiger partial charge in [-0.3, -0.25) is 0 Å². The molecule has 1 unspecified atom stereocenters. The van der Waals surface area contributed by atoms with Crippen LogP contribution in [0.3, 0.4) is 0 Å². The summed E-state index contributed by atoms with van der Waals surface area (Å²) in [6.07, 6.45) is 1.67. The molecular weight excluding hydrogens is 174 g/mol. The smallest absolute Gasteiger partial charge is 0.131 e. The lowest BCUT2D eigenvalue weighted by Crippen LogP contribution is -2.36. The van der Waals surface area contributed by atoms with E-state index in [4.69, 9.17) is 4.74 Å². The van der Waals surface area contributed by atoms with Crippen molar-refractivity contribution >= 4 is 11.3 Å². The Morgan fingerprint density at radius 3 is 3.17 bits per heavy atom. The van der Waals surface area contributed by atoms with Crippen LogP contribution in [-0.2, 0) is 10.3 Å². The number of nitrogens with zero attached hydrogens (tertiary/aromatic N) is 1. The van der Waals surface area contributed by atoms with Gasteiger partial charge in [-0.25, -0.2) is 4.98 Å². The first kappa shape index (κ1) is 8.16. The predicted molar refractivity (Wildman–Crippen MR) is 46.1 cm³/mol. The highest BCUT2D eigenvalue weighted by molar-refractivity contribution is 7.07. The Morgan fingerprint density at radius 2 is 2.58 bits per heavy atom. The van der Waals surface area contributed by atoms with Crippen LogP contribution in [0.15, 0.2) is 10.9 Å². The van der Waals surface area contributed by atoms with E-state index in [0.29, 0.717) is 6.61 Å². The van der Waals surface area contributed by atoms with Gasteiger partial charge in [0.25, 0.3) is 0 Å². The Hall–Kier alpha value is -0.450. The third kappa shape index (κ3) is 1.37. The molecule has 1 N–H and O–H groups in total. The molecule has 1 atom stereocenters. The molecule has 0 aliphatic carbocycles.